The van der Waals surface area contributed by atoms with Crippen LogP contribution in [0.2, 0.25) is 0 Å². The molecule has 0 aliphatic rings. The first-order chi connectivity index (χ1) is 14.2. The van der Waals surface area contributed by atoms with E-state index in [0.717, 1.165) is 22.2 Å². The Labute approximate surface area is 167 Å². The van der Waals surface area contributed by atoms with Gasteiger partial charge in [-0.05, 0) is 29.8 Å². The molecule has 0 bridgehead atoms. The number of urea groups is 1. The summed E-state index contributed by atoms with van der Waals surface area (Å²) in [6.45, 7) is 0. The van der Waals surface area contributed by atoms with Gasteiger partial charge in [0, 0.05) is 52.9 Å². The molecule has 146 valence electrons. The van der Waals surface area contributed by atoms with E-state index in [4.69, 9.17) is 9.47 Å². The maximum Gasteiger partial charge on any atom is 0.323 e. The first-order valence-electron chi connectivity index (χ1n) is 9.00. The summed E-state index contributed by atoms with van der Waals surface area (Å²) in [6.07, 6.45) is 3.69. The summed E-state index contributed by atoms with van der Waals surface area (Å²) in [5.41, 5.74) is 4.19. The normalized spacial score (nSPS) is 10.6. The fraction of sp³-hybridized carbons (Fsp3) is 0.0909. The third-order valence-corrected chi connectivity index (χ3v) is 4.51. The first kappa shape index (κ1) is 18.4. The van der Waals surface area contributed by atoms with E-state index < -0.39 is 0 Å². The SMILES string of the molecule is COc1cc(NC(=O)Nc2ccc(-c3c[nH]c4ncccc34)cc2)cc(OC)c1. The van der Waals surface area contributed by atoms with Crippen molar-refractivity contribution in [2.45, 2.75) is 0 Å². The van der Waals surface area contributed by atoms with E-state index in [1.54, 1.807) is 38.6 Å². The van der Waals surface area contributed by atoms with Crippen LogP contribution < -0.4 is 20.1 Å². The van der Waals surface area contributed by atoms with Gasteiger partial charge in [0.2, 0.25) is 0 Å². The number of H-pyrrole nitrogens is 1. The van der Waals surface area contributed by atoms with Crippen LogP contribution in [0, 0.1) is 0 Å². The highest BCUT2D eigenvalue weighted by Crippen LogP contribution is 2.29. The topological polar surface area (TPSA) is 88.3 Å². The molecular formula is C22H20N4O3. The molecule has 2 amide bonds. The molecule has 2 aromatic heterocycles. The summed E-state index contributed by atoms with van der Waals surface area (Å²) < 4.78 is 10.4. The van der Waals surface area contributed by atoms with E-state index in [9.17, 15) is 4.79 Å². The van der Waals surface area contributed by atoms with Gasteiger partial charge in [-0.1, -0.05) is 12.1 Å². The molecule has 7 heteroatoms. The average molecular weight is 388 g/mol. The zero-order valence-corrected chi connectivity index (χ0v) is 16.0. The predicted molar refractivity (Wildman–Crippen MR) is 114 cm³/mol. The van der Waals surface area contributed by atoms with Crippen LogP contribution in [0.15, 0.2) is 67.0 Å². The molecule has 0 aliphatic carbocycles. The zero-order chi connectivity index (χ0) is 20.2. The highest BCUT2D eigenvalue weighted by molar-refractivity contribution is 6.00. The number of rotatable bonds is 5. The van der Waals surface area contributed by atoms with Crippen molar-refractivity contribution in [2.75, 3.05) is 24.9 Å². The second-order valence-corrected chi connectivity index (χ2v) is 6.36. The Kier molecular flexibility index (Phi) is 5.03. The first-order valence-corrected chi connectivity index (χ1v) is 9.00. The molecule has 0 radical (unpaired) electrons. The van der Waals surface area contributed by atoms with Crippen molar-refractivity contribution >= 4 is 28.4 Å². The van der Waals surface area contributed by atoms with Gasteiger partial charge < -0.3 is 25.1 Å². The molecule has 29 heavy (non-hydrogen) atoms. The molecule has 7 nitrogen and oxygen atoms in total. The Morgan fingerprint density at radius 1 is 0.931 bits per heavy atom. The number of nitrogens with one attached hydrogen (secondary N) is 3. The molecular weight excluding hydrogens is 368 g/mol. The molecule has 2 aromatic carbocycles. The zero-order valence-electron chi connectivity index (χ0n) is 16.0. The van der Waals surface area contributed by atoms with Crippen LogP contribution in [-0.2, 0) is 0 Å². The number of benzene rings is 2. The Bertz CT molecular complexity index is 1130. The minimum Gasteiger partial charge on any atom is -0.497 e. The van der Waals surface area contributed by atoms with Gasteiger partial charge in [0.05, 0.1) is 14.2 Å². The molecule has 2 heterocycles. The van der Waals surface area contributed by atoms with Crippen molar-refractivity contribution in [2.24, 2.45) is 0 Å². The number of aromatic nitrogens is 2. The number of ether oxygens (including phenoxy) is 2. The fourth-order valence-corrected chi connectivity index (χ4v) is 3.10. The van der Waals surface area contributed by atoms with Crippen LogP contribution in [0.3, 0.4) is 0 Å². The van der Waals surface area contributed by atoms with Gasteiger partial charge >= 0.3 is 6.03 Å². The number of pyridine rings is 1. The Morgan fingerprint density at radius 3 is 2.31 bits per heavy atom. The molecule has 3 N–H and O–H groups in total. The number of aromatic amines is 1. The number of hydrogen-bond acceptors (Lipinski definition) is 4. The molecule has 0 atom stereocenters. The molecule has 0 spiro atoms. The largest absolute Gasteiger partial charge is 0.497 e. The Hall–Kier alpha value is -4.00. The summed E-state index contributed by atoms with van der Waals surface area (Å²) in [6, 6.07) is 16.4. The lowest BCUT2D eigenvalue weighted by atomic mass is 10.1. The number of carbonyl (C=O) groups is 1. The van der Waals surface area contributed by atoms with Crippen LogP contribution >= 0.6 is 0 Å². The van der Waals surface area contributed by atoms with Gasteiger partial charge in [-0.15, -0.1) is 0 Å². The van der Waals surface area contributed by atoms with E-state index >= 15 is 0 Å². The van der Waals surface area contributed by atoms with Gasteiger partial charge in [-0.25, -0.2) is 9.78 Å². The van der Waals surface area contributed by atoms with E-state index in [1.807, 2.05) is 42.6 Å². The highest BCUT2D eigenvalue weighted by Gasteiger charge is 2.09. The van der Waals surface area contributed by atoms with Crippen LogP contribution in [-0.4, -0.2) is 30.2 Å². The van der Waals surface area contributed by atoms with E-state index in [2.05, 4.69) is 20.6 Å². The second kappa shape index (κ2) is 7.93. The van der Waals surface area contributed by atoms with Gasteiger partial charge in [-0.3, -0.25) is 0 Å². The Morgan fingerprint density at radius 2 is 1.62 bits per heavy atom. The molecule has 0 fully saturated rings. The summed E-state index contributed by atoms with van der Waals surface area (Å²) in [5, 5.41) is 6.66. The van der Waals surface area contributed by atoms with Crippen molar-refractivity contribution < 1.29 is 14.3 Å². The standard InChI is InChI=1S/C22H20N4O3/c1-28-17-10-16(11-18(12-17)29-2)26-22(27)25-15-7-5-14(6-8-15)20-13-24-21-19(20)4-3-9-23-21/h3-13H,1-2H3,(H,23,24)(H2,25,26,27). The average Bonchev–Trinajstić information content (AvgIpc) is 3.18. The van der Waals surface area contributed by atoms with E-state index in [1.165, 1.54) is 0 Å². The molecule has 0 unspecified atom stereocenters. The lowest BCUT2D eigenvalue weighted by molar-refractivity contribution is 0.262. The van der Waals surface area contributed by atoms with Crippen molar-refractivity contribution in [1.82, 2.24) is 9.97 Å². The third-order valence-electron chi connectivity index (χ3n) is 4.51. The monoisotopic (exact) mass is 388 g/mol. The summed E-state index contributed by atoms with van der Waals surface area (Å²) in [7, 11) is 3.12. The van der Waals surface area contributed by atoms with Crippen molar-refractivity contribution in [3.05, 3.63) is 67.0 Å². The Balaban J connectivity index is 1.47. The molecule has 0 saturated heterocycles. The lowest BCUT2D eigenvalue weighted by Gasteiger charge is -2.11. The third kappa shape index (κ3) is 3.98. The molecule has 0 saturated carbocycles. The highest BCUT2D eigenvalue weighted by atomic mass is 16.5. The van der Waals surface area contributed by atoms with Gasteiger partial charge in [0.25, 0.3) is 0 Å². The number of methoxy groups -OCH3 is 2. The minimum absolute atomic E-state index is 0.357. The van der Waals surface area contributed by atoms with Gasteiger partial charge in [-0.2, -0.15) is 0 Å². The van der Waals surface area contributed by atoms with Crippen molar-refractivity contribution in [3.8, 4) is 22.6 Å². The van der Waals surface area contributed by atoms with E-state index in [-0.39, 0.29) is 6.03 Å². The number of hydrogen-bond donors (Lipinski definition) is 3. The summed E-state index contributed by atoms with van der Waals surface area (Å²) in [5.74, 6) is 1.19. The van der Waals surface area contributed by atoms with Crippen molar-refractivity contribution in [1.29, 1.82) is 0 Å². The second-order valence-electron chi connectivity index (χ2n) is 6.36. The van der Waals surface area contributed by atoms with E-state index in [0.29, 0.717) is 22.9 Å². The minimum atomic E-state index is -0.357. The number of amides is 2. The van der Waals surface area contributed by atoms with Crippen LogP contribution in [0.25, 0.3) is 22.2 Å². The number of carbonyl (C=O) groups excluding carboxylic acids is 1. The number of fused-ring (bicyclic) bond motifs is 1. The summed E-state index contributed by atoms with van der Waals surface area (Å²) >= 11 is 0. The smallest absolute Gasteiger partial charge is 0.323 e. The van der Waals surface area contributed by atoms with Crippen LogP contribution in [0.5, 0.6) is 11.5 Å². The maximum absolute atomic E-state index is 12.4. The lowest BCUT2D eigenvalue weighted by Crippen LogP contribution is -2.19. The molecule has 4 aromatic rings. The maximum atomic E-state index is 12.4. The van der Waals surface area contributed by atoms with Gasteiger partial charge in [0.15, 0.2) is 0 Å². The predicted octanol–water partition coefficient (Wildman–Crippen LogP) is 4.89. The molecule has 4 rings (SSSR count). The fourth-order valence-electron chi connectivity index (χ4n) is 3.10. The van der Waals surface area contributed by atoms with Crippen molar-refractivity contribution in [3.63, 3.8) is 0 Å². The summed E-state index contributed by atoms with van der Waals surface area (Å²) in [4.78, 5) is 19.8. The molecule has 0 aliphatic heterocycles. The van der Waals surface area contributed by atoms with Gasteiger partial charge in [0.1, 0.15) is 17.1 Å². The quantitative estimate of drug-likeness (QED) is 0.454. The number of nitrogens with zero attached hydrogens (tertiary/aromatic N) is 1. The number of anilines is 2. The van der Waals surface area contributed by atoms with Crippen LogP contribution in [0.4, 0.5) is 16.2 Å². The van der Waals surface area contributed by atoms with Crippen LogP contribution in [0.1, 0.15) is 0 Å².